The van der Waals surface area contributed by atoms with Gasteiger partial charge in [-0.3, -0.25) is 4.79 Å². The van der Waals surface area contributed by atoms with Gasteiger partial charge < -0.3 is 15.4 Å². The minimum absolute atomic E-state index is 0.0440. The molecule has 1 aliphatic rings. The van der Waals surface area contributed by atoms with E-state index in [1.54, 1.807) is 0 Å². The number of nitrogens with one attached hydrogen (secondary N) is 2. The summed E-state index contributed by atoms with van der Waals surface area (Å²) in [5, 5.41) is 5.64. The predicted octanol–water partition coefficient (Wildman–Crippen LogP) is 0.957. The van der Waals surface area contributed by atoms with E-state index < -0.39 is 11.9 Å². The average molecular weight is 267 g/mol. The lowest BCUT2D eigenvalue weighted by atomic mass is 10.0. The zero-order chi connectivity index (χ0) is 13.8. The van der Waals surface area contributed by atoms with Crippen molar-refractivity contribution in [3.05, 3.63) is 23.8 Å². The summed E-state index contributed by atoms with van der Waals surface area (Å²) < 4.78 is 19.4. The standard InChI is InChI=1S/C13H18FN3O2/c1-8(9-5-6-16-7-9)19-11-4-3-10(13(18)15-2)17-12(11)14/h3-4,8-9,16H,5-7H2,1-2H3,(H,15,18)/t8?,9-/m1/s1. The maximum atomic E-state index is 13.8. The van der Waals surface area contributed by atoms with Gasteiger partial charge in [0.15, 0.2) is 5.75 Å². The third kappa shape index (κ3) is 3.20. The summed E-state index contributed by atoms with van der Waals surface area (Å²) in [6.07, 6.45) is 0.934. The first-order chi connectivity index (χ1) is 9.11. The first-order valence-corrected chi connectivity index (χ1v) is 6.38. The predicted molar refractivity (Wildman–Crippen MR) is 68.7 cm³/mol. The zero-order valence-corrected chi connectivity index (χ0v) is 11.1. The molecule has 2 rings (SSSR count). The quantitative estimate of drug-likeness (QED) is 0.798. The molecule has 0 spiro atoms. The smallest absolute Gasteiger partial charge is 0.269 e. The summed E-state index contributed by atoms with van der Waals surface area (Å²) >= 11 is 0. The van der Waals surface area contributed by atoms with Gasteiger partial charge in [0.05, 0.1) is 0 Å². The fourth-order valence-electron chi connectivity index (χ4n) is 2.14. The number of pyridine rings is 1. The van der Waals surface area contributed by atoms with E-state index in [0.717, 1.165) is 19.5 Å². The van der Waals surface area contributed by atoms with Gasteiger partial charge in [-0.25, -0.2) is 4.98 Å². The molecule has 1 saturated heterocycles. The molecule has 0 bridgehead atoms. The van der Waals surface area contributed by atoms with Gasteiger partial charge in [0.2, 0.25) is 0 Å². The summed E-state index contributed by atoms with van der Waals surface area (Å²) in [6.45, 7) is 3.77. The highest BCUT2D eigenvalue weighted by atomic mass is 19.1. The summed E-state index contributed by atoms with van der Waals surface area (Å²) in [5.41, 5.74) is 0.0440. The molecule has 2 N–H and O–H groups in total. The van der Waals surface area contributed by atoms with Crippen LogP contribution in [0, 0.1) is 11.9 Å². The lowest BCUT2D eigenvalue weighted by molar-refractivity contribution is 0.0956. The van der Waals surface area contributed by atoms with Crippen LogP contribution in [0.5, 0.6) is 5.75 Å². The average Bonchev–Trinajstić information content (AvgIpc) is 2.94. The third-order valence-corrected chi connectivity index (χ3v) is 3.35. The van der Waals surface area contributed by atoms with Gasteiger partial charge >= 0.3 is 0 Å². The fourth-order valence-corrected chi connectivity index (χ4v) is 2.14. The number of amides is 1. The maximum absolute atomic E-state index is 13.8. The number of nitrogens with zero attached hydrogens (tertiary/aromatic N) is 1. The van der Waals surface area contributed by atoms with Crippen molar-refractivity contribution in [2.45, 2.75) is 19.4 Å². The molecule has 1 aromatic rings. The van der Waals surface area contributed by atoms with Gasteiger partial charge in [-0.1, -0.05) is 0 Å². The normalized spacial score (nSPS) is 20.1. The number of carbonyl (C=O) groups is 1. The van der Waals surface area contributed by atoms with Crippen molar-refractivity contribution in [2.75, 3.05) is 20.1 Å². The number of hydrogen-bond acceptors (Lipinski definition) is 4. The van der Waals surface area contributed by atoms with Crippen molar-refractivity contribution in [1.82, 2.24) is 15.6 Å². The summed E-state index contributed by atoms with van der Waals surface area (Å²) in [4.78, 5) is 14.9. The van der Waals surface area contributed by atoms with Crippen LogP contribution in [0.3, 0.4) is 0 Å². The van der Waals surface area contributed by atoms with Crippen LogP contribution in [0.1, 0.15) is 23.8 Å². The Bertz CT molecular complexity index is 461. The van der Waals surface area contributed by atoms with Crippen LogP contribution in [0.25, 0.3) is 0 Å². The molecule has 104 valence electrons. The van der Waals surface area contributed by atoms with Crippen LogP contribution in [0.4, 0.5) is 4.39 Å². The molecule has 1 unspecified atom stereocenters. The highest BCUT2D eigenvalue weighted by molar-refractivity contribution is 5.92. The monoisotopic (exact) mass is 267 g/mol. The van der Waals surface area contributed by atoms with Crippen molar-refractivity contribution in [3.8, 4) is 5.75 Å². The SMILES string of the molecule is CNC(=O)c1ccc(OC(C)[C@@H]2CCNC2)c(F)n1. The lowest BCUT2D eigenvalue weighted by Crippen LogP contribution is -2.26. The molecular weight excluding hydrogens is 249 g/mol. The maximum Gasteiger partial charge on any atom is 0.269 e. The molecule has 0 saturated carbocycles. The van der Waals surface area contributed by atoms with Crippen molar-refractivity contribution in [3.63, 3.8) is 0 Å². The van der Waals surface area contributed by atoms with Gasteiger partial charge in [0.25, 0.3) is 11.9 Å². The highest BCUT2D eigenvalue weighted by Gasteiger charge is 2.24. The van der Waals surface area contributed by atoms with Crippen molar-refractivity contribution >= 4 is 5.91 Å². The Kier molecular flexibility index (Phi) is 4.31. The number of hydrogen-bond donors (Lipinski definition) is 2. The molecule has 2 atom stereocenters. The van der Waals surface area contributed by atoms with Gasteiger partial charge in [-0.2, -0.15) is 4.39 Å². The van der Waals surface area contributed by atoms with E-state index in [9.17, 15) is 9.18 Å². The zero-order valence-electron chi connectivity index (χ0n) is 11.1. The molecule has 1 aliphatic heterocycles. The van der Waals surface area contributed by atoms with Crippen LogP contribution in [0.15, 0.2) is 12.1 Å². The molecule has 2 heterocycles. The molecule has 5 nitrogen and oxygen atoms in total. The first kappa shape index (κ1) is 13.7. The van der Waals surface area contributed by atoms with Crippen LogP contribution in [0.2, 0.25) is 0 Å². The van der Waals surface area contributed by atoms with Gasteiger partial charge in [0, 0.05) is 19.5 Å². The van der Waals surface area contributed by atoms with E-state index in [0.29, 0.717) is 5.92 Å². The third-order valence-electron chi connectivity index (χ3n) is 3.35. The van der Waals surface area contributed by atoms with Crippen molar-refractivity contribution in [1.29, 1.82) is 0 Å². The first-order valence-electron chi connectivity index (χ1n) is 6.38. The molecule has 1 aromatic heterocycles. The summed E-state index contributed by atoms with van der Waals surface area (Å²) in [7, 11) is 1.47. The van der Waals surface area contributed by atoms with Crippen LogP contribution in [-0.4, -0.2) is 37.1 Å². The Morgan fingerprint density at radius 2 is 2.42 bits per heavy atom. The van der Waals surface area contributed by atoms with E-state index in [-0.39, 0.29) is 17.5 Å². The molecule has 19 heavy (non-hydrogen) atoms. The van der Waals surface area contributed by atoms with E-state index in [2.05, 4.69) is 15.6 Å². The van der Waals surface area contributed by atoms with Crippen LogP contribution < -0.4 is 15.4 Å². The Labute approximate surface area is 111 Å². The second-order valence-electron chi connectivity index (χ2n) is 4.64. The Hall–Kier alpha value is -1.69. The van der Waals surface area contributed by atoms with Crippen LogP contribution >= 0.6 is 0 Å². The molecule has 1 amide bonds. The number of ether oxygens (including phenoxy) is 1. The number of halogens is 1. The minimum Gasteiger partial charge on any atom is -0.486 e. The second-order valence-corrected chi connectivity index (χ2v) is 4.64. The Balaban J connectivity index is 2.06. The number of rotatable bonds is 4. The van der Waals surface area contributed by atoms with Gasteiger partial charge in [0.1, 0.15) is 11.8 Å². The fraction of sp³-hybridized carbons (Fsp3) is 0.538. The minimum atomic E-state index is -0.751. The van der Waals surface area contributed by atoms with E-state index >= 15 is 0 Å². The van der Waals surface area contributed by atoms with Gasteiger partial charge in [-0.15, -0.1) is 0 Å². The molecule has 1 fully saturated rings. The van der Waals surface area contributed by atoms with Crippen molar-refractivity contribution < 1.29 is 13.9 Å². The molecule has 0 radical (unpaired) electrons. The second kappa shape index (κ2) is 5.97. The topological polar surface area (TPSA) is 63.2 Å². The molecular formula is C13H18FN3O2. The van der Waals surface area contributed by atoms with E-state index in [1.807, 2.05) is 6.92 Å². The van der Waals surface area contributed by atoms with E-state index in [1.165, 1.54) is 19.2 Å². The Morgan fingerprint density at radius 1 is 1.63 bits per heavy atom. The van der Waals surface area contributed by atoms with E-state index in [4.69, 9.17) is 4.74 Å². The molecule has 6 heteroatoms. The highest BCUT2D eigenvalue weighted by Crippen LogP contribution is 2.22. The molecule has 0 aromatic carbocycles. The largest absolute Gasteiger partial charge is 0.486 e. The number of aromatic nitrogens is 1. The lowest BCUT2D eigenvalue weighted by Gasteiger charge is -2.20. The summed E-state index contributed by atoms with van der Waals surface area (Å²) in [5.74, 6) is -0.706. The Morgan fingerprint density at radius 3 is 3.00 bits per heavy atom. The van der Waals surface area contributed by atoms with Crippen LogP contribution in [-0.2, 0) is 0 Å². The van der Waals surface area contributed by atoms with Crippen molar-refractivity contribution in [2.24, 2.45) is 5.92 Å². The summed E-state index contributed by atoms with van der Waals surface area (Å²) in [6, 6.07) is 2.91. The number of carbonyl (C=O) groups excluding carboxylic acids is 1. The van der Waals surface area contributed by atoms with Gasteiger partial charge in [-0.05, 0) is 32.0 Å². The molecule has 0 aliphatic carbocycles.